The van der Waals surface area contributed by atoms with Gasteiger partial charge in [-0.05, 0) is 51.8 Å². The first-order valence-corrected chi connectivity index (χ1v) is 8.03. The number of hydrogen-bond donors (Lipinski definition) is 3. The second-order valence-electron chi connectivity index (χ2n) is 4.53. The van der Waals surface area contributed by atoms with Crippen LogP contribution in [0, 0.1) is 0 Å². The third-order valence-electron chi connectivity index (χ3n) is 2.72. The first kappa shape index (κ1) is 18.4. The van der Waals surface area contributed by atoms with Gasteiger partial charge in [0.05, 0.1) is 15.7 Å². The van der Waals surface area contributed by atoms with Crippen molar-refractivity contribution in [3.8, 4) is 17.2 Å². The summed E-state index contributed by atoms with van der Waals surface area (Å²) in [4.78, 5) is 11.7. The fraction of sp³-hybridized carbons (Fsp3) is 0.0667. The number of hydrazone groups is 1. The van der Waals surface area contributed by atoms with Gasteiger partial charge in [0.15, 0.2) is 18.1 Å². The molecule has 0 saturated carbocycles. The van der Waals surface area contributed by atoms with Gasteiger partial charge in [-0.3, -0.25) is 4.79 Å². The number of rotatable bonds is 5. The Morgan fingerprint density at radius 1 is 1.29 bits per heavy atom. The Kier molecular flexibility index (Phi) is 6.30. The van der Waals surface area contributed by atoms with Crippen molar-refractivity contribution >= 4 is 51.3 Å². The van der Waals surface area contributed by atoms with Crippen LogP contribution in [0.5, 0.6) is 17.2 Å². The van der Waals surface area contributed by atoms with E-state index in [0.717, 1.165) is 0 Å². The Hall–Kier alpha value is -1.96. The lowest BCUT2D eigenvalue weighted by molar-refractivity contribution is -0.123. The van der Waals surface area contributed by atoms with Gasteiger partial charge in [0.2, 0.25) is 0 Å². The highest BCUT2D eigenvalue weighted by Gasteiger charge is 2.07. The summed E-state index contributed by atoms with van der Waals surface area (Å²) in [6.45, 7) is -0.288. The van der Waals surface area contributed by atoms with Crippen LogP contribution in [-0.4, -0.2) is 28.9 Å². The van der Waals surface area contributed by atoms with Gasteiger partial charge < -0.3 is 14.9 Å². The minimum absolute atomic E-state index is 0.274. The predicted octanol–water partition coefficient (Wildman–Crippen LogP) is 3.70. The van der Waals surface area contributed by atoms with Crippen molar-refractivity contribution in [2.24, 2.45) is 5.10 Å². The molecule has 3 N–H and O–H groups in total. The van der Waals surface area contributed by atoms with Crippen LogP contribution in [0.4, 0.5) is 0 Å². The fourth-order valence-corrected chi connectivity index (χ4v) is 2.56. The summed E-state index contributed by atoms with van der Waals surface area (Å²) in [6, 6.07) is 7.46. The molecule has 0 unspecified atom stereocenters. The third-order valence-corrected chi connectivity index (χ3v) is 3.86. The van der Waals surface area contributed by atoms with Crippen molar-refractivity contribution in [3.63, 3.8) is 0 Å². The molecule has 0 heterocycles. The molecule has 2 aromatic rings. The number of phenolic OH excluding ortho intramolecular Hbond substituents is 2. The number of benzene rings is 2. The SMILES string of the molecule is O=C(COc1ccc(Cl)cc1Cl)N/N=C\c1cc(O)c(O)c(Br)c1. The molecular weight excluding hydrogens is 423 g/mol. The smallest absolute Gasteiger partial charge is 0.277 e. The number of halogens is 3. The molecule has 0 aliphatic carbocycles. The topological polar surface area (TPSA) is 91.2 Å². The summed E-state index contributed by atoms with van der Waals surface area (Å²) < 4.78 is 5.56. The molecular formula is C15H11BrCl2N2O4. The molecule has 2 rings (SSSR count). The van der Waals surface area contributed by atoms with Crippen molar-refractivity contribution in [3.05, 3.63) is 50.4 Å². The van der Waals surface area contributed by atoms with E-state index >= 15 is 0 Å². The monoisotopic (exact) mass is 432 g/mol. The number of ether oxygens (including phenoxy) is 1. The van der Waals surface area contributed by atoms with Gasteiger partial charge in [-0.15, -0.1) is 0 Å². The number of carbonyl (C=O) groups excluding carboxylic acids is 1. The lowest BCUT2D eigenvalue weighted by Crippen LogP contribution is -2.24. The first-order valence-electron chi connectivity index (χ1n) is 6.48. The van der Waals surface area contributed by atoms with Crippen molar-refractivity contribution in [2.75, 3.05) is 6.61 Å². The normalized spacial score (nSPS) is 10.8. The van der Waals surface area contributed by atoms with Crippen LogP contribution in [0.1, 0.15) is 5.56 Å². The van der Waals surface area contributed by atoms with Crippen LogP contribution in [-0.2, 0) is 4.79 Å². The summed E-state index contributed by atoms with van der Waals surface area (Å²) in [5.41, 5.74) is 2.73. The average Bonchev–Trinajstić information content (AvgIpc) is 2.51. The molecule has 0 aliphatic heterocycles. The third kappa shape index (κ3) is 5.02. The number of carbonyl (C=O) groups is 1. The van der Waals surface area contributed by atoms with E-state index in [1.807, 2.05) is 0 Å². The zero-order chi connectivity index (χ0) is 17.7. The maximum atomic E-state index is 11.7. The van der Waals surface area contributed by atoms with Gasteiger partial charge in [-0.1, -0.05) is 23.2 Å². The van der Waals surface area contributed by atoms with Crippen molar-refractivity contribution in [1.29, 1.82) is 0 Å². The molecule has 9 heteroatoms. The summed E-state index contributed by atoms with van der Waals surface area (Å²) >= 11 is 14.8. The van der Waals surface area contributed by atoms with Crippen molar-refractivity contribution in [1.82, 2.24) is 5.43 Å². The zero-order valence-corrected chi connectivity index (χ0v) is 15.1. The number of nitrogens with one attached hydrogen (secondary N) is 1. The quantitative estimate of drug-likeness (QED) is 0.381. The van der Waals surface area contributed by atoms with E-state index in [9.17, 15) is 15.0 Å². The van der Waals surface area contributed by atoms with Crippen LogP contribution in [0.3, 0.4) is 0 Å². The van der Waals surface area contributed by atoms with Crippen LogP contribution in [0.2, 0.25) is 10.0 Å². The lowest BCUT2D eigenvalue weighted by Gasteiger charge is -2.07. The van der Waals surface area contributed by atoms with Gasteiger partial charge in [0.25, 0.3) is 5.91 Å². The lowest BCUT2D eigenvalue weighted by atomic mass is 10.2. The second kappa shape index (κ2) is 8.23. The summed E-state index contributed by atoms with van der Waals surface area (Å²) in [5.74, 6) is -0.755. The largest absolute Gasteiger partial charge is 0.504 e. The molecule has 126 valence electrons. The van der Waals surface area contributed by atoms with Crippen LogP contribution in [0.15, 0.2) is 39.9 Å². The standard InChI is InChI=1S/C15H11BrCl2N2O4/c16-10-3-8(4-12(21)15(10)23)6-19-20-14(22)7-24-13-2-1-9(17)5-11(13)18/h1-6,21,23H,7H2,(H,20,22)/b19-6-. The molecule has 0 atom stereocenters. The number of nitrogens with zero attached hydrogens (tertiary/aromatic N) is 1. The molecule has 0 radical (unpaired) electrons. The first-order chi connectivity index (χ1) is 11.4. The van der Waals surface area contributed by atoms with E-state index < -0.39 is 5.91 Å². The van der Waals surface area contributed by atoms with E-state index in [1.54, 1.807) is 12.1 Å². The minimum atomic E-state index is -0.501. The summed E-state index contributed by atoms with van der Waals surface area (Å²) in [6.07, 6.45) is 1.30. The summed E-state index contributed by atoms with van der Waals surface area (Å²) in [7, 11) is 0. The van der Waals surface area contributed by atoms with E-state index in [1.165, 1.54) is 24.4 Å². The van der Waals surface area contributed by atoms with Gasteiger partial charge in [0.1, 0.15) is 5.75 Å². The van der Waals surface area contributed by atoms with E-state index in [4.69, 9.17) is 27.9 Å². The van der Waals surface area contributed by atoms with Gasteiger partial charge in [-0.2, -0.15) is 5.10 Å². The molecule has 0 bridgehead atoms. The zero-order valence-electron chi connectivity index (χ0n) is 12.0. The highest BCUT2D eigenvalue weighted by molar-refractivity contribution is 9.10. The molecule has 6 nitrogen and oxygen atoms in total. The van der Waals surface area contributed by atoms with Gasteiger partial charge in [-0.25, -0.2) is 5.43 Å². The Morgan fingerprint density at radius 2 is 2.04 bits per heavy atom. The molecule has 0 fully saturated rings. The molecule has 24 heavy (non-hydrogen) atoms. The predicted molar refractivity (Wildman–Crippen MR) is 95.2 cm³/mol. The maximum absolute atomic E-state index is 11.7. The molecule has 0 aliphatic rings. The Labute approximate surface area is 155 Å². The fourth-order valence-electron chi connectivity index (χ4n) is 1.63. The van der Waals surface area contributed by atoms with Crippen LogP contribution >= 0.6 is 39.1 Å². The molecule has 2 aromatic carbocycles. The Bertz CT molecular complexity index is 776. The number of amides is 1. The maximum Gasteiger partial charge on any atom is 0.277 e. The summed E-state index contributed by atoms with van der Waals surface area (Å²) in [5, 5.41) is 23.4. The number of hydrogen-bond acceptors (Lipinski definition) is 5. The van der Waals surface area contributed by atoms with Crippen molar-refractivity contribution < 1.29 is 19.7 Å². The van der Waals surface area contributed by atoms with Gasteiger partial charge >= 0.3 is 0 Å². The molecule has 0 spiro atoms. The molecule has 0 aromatic heterocycles. The van der Waals surface area contributed by atoms with Gasteiger partial charge in [0, 0.05) is 5.02 Å². The minimum Gasteiger partial charge on any atom is -0.504 e. The van der Waals surface area contributed by atoms with Crippen molar-refractivity contribution in [2.45, 2.75) is 0 Å². The Morgan fingerprint density at radius 3 is 2.71 bits per heavy atom. The number of phenols is 2. The second-order valence-corrected chi connectivity index (χ2v) is 6.23. The van der Waals surface area contributed by atoms with E-state index in [2.05, 4.69) is 26.5 Å². The highest BCUT2D eigenvalue weighted by Crippen LogP contribution is 2.33. The van der Waals surface area contributed by atoms with E-state index in [0.29, 0.717) is 25.8 Å². The van der Waals surface area contributed by atoms with E-state index in [-0.39, 0.29) is 18.1 Å². The molecule has 0 saturated heterocycles. The Balaban J connectivity index is 1.89. The average molecular weight is 434 g/mol. The highest BCUT2D eigenvalue weighted by atomic mass is 79.9. The number of aromatic hydroxyl groups is 2. The molecule has 1 amide bonds. The van der Waals surface area contributed by atoms with Crippen LogP contribution in [0.25, 0.3) is 0 Å². The van der Waals surface area contributed by atoms with Crippen LogP contribution < -0.4 is 10.2 Å².